The van der Waals surface area contributed by atoms with Crippen LogP contribution in [0.2, 0.25) is 0 Å². The lowest BCUT2D eigenvalue weighted by molar-refractivity contribution is 0.758. The maximum atomic E-state index is 4.77. The first-order valence-corrected chi connectivity index (χ1v) is 8.67. The highest BCUT2D eigenvalue weighted by Crippen LogP contribution is 2.31. The first-order valence-electron chi connectivity index (χ1n) is 8.67. The maximum Gasteiger partial charge on any atom is 0.159 e. The van der Waals surface area contributed by atoms with E-state index in [0.29, 0.717) is 5.92 Å². The van der Waals surface area contributed by atoms with Crippen LogP contribution in [0.25, 0.3) is 28.2 Å². The first kappa shape index (κ1) is 15.5. The van der Waals surface area contributed by atoms with E-state index < -0.39 is 0 Å². The summed E-state index contributed by atoms with van der Waals surface area (Å²) in [5, 5.41) is 0. The molecule has 0 aliphatic heterocycles. The van der Waals surface area contributed by atoms with E-state index in [2.05, 4.69) is 54.4 Å². The van der Waals surface area contributed by atoms with E-state index in [1.165, 1.54) is 11.1 Å². The molecule has 122 valence electrons. The van der Waals surface area contributed by atoms with Crippen LogP contribution in [-0.2, 0) is 0 Å². The van der Waals surface area contributed by atoms with E-state index in [0.717, 1.165) is 29.1 Å². The van der Waals surface area contributed by atoms with Crippen LogP contribution in [0.15, 0.2) is 85.1 Å². The Morgan fingerprint density at radius 3 is 2.52 bits per heavy atom. The molecular weight excluding hydrogens is 304 g/mol. The van der Waals surface area contributed by atoms with Gasteiger partial charge in [0.15, 0.2) is 5.82 Å². The number of nitrogens with zero attached hydrogens (tertiary/aromatic N) is 2. The van der Waals surface area contributed by atoms with Crippen molar-refractivity contribution in [2.24, 2.45) is 5.92 Å². The molecule has 0 spiro atoms. The average Bonchev–Trinajstić information content (AvgIpc) is 2.69. The third-order valence-corrected chi connectivity index (χ3v) is 4.61. The Kier molecular flexibility index (Phi) is 4.26. The monoisotopic (exact) mass is 324 g/mol. The Balaban J connectivity index is 1.72. The Morgan fingerprint density at radius 2 is 1.68 bits per heavy atom. The number of benzene rings is 2. The van der Waals surface area contributed by atoms with Gasteiger partial charge in [-0.15, -0.1) is 0 Å². The zero-order chi connectivity index (χ0) is 17.1. The maximum absolute atomic E-state index is 4.77. The second-order valence-corrected chi connectivity index (χ2v) is 6.40. The third-order valence-electron chi connectivity index (χ3n) is 4.61. The van der Waals surface area contributed by atoms with Gasteiger partial charge in [0.2, 0.25) is 0 Å². The predicted octanol–water partition coefficient (Wildman–Crippen LogP) is 5.79. The lowest BCUT2D eigenvalue weighted by atomic mass is 9.87. The molecule has 2 heteroatoms. The fourth-order valence-corrected chi connectivity index (χ4v) is 3.23. The molecule has 1 aliphatic rings. The lowest BCUT2D eigenvalue weighted by Gasteiger charge is -2.18. The van der Waals surface area contributed by atoms with Gasteiger partial charge in [-0.1, -0.05) is 73.7 Å². The average molecular weight is 324 g/mol. The highest BCUT2D eigenvalue weighted by molar-refractivity contribution is 5.74. The van der Waals surface area contributed by atoms with Crippen molar-refractivity contribution in [2.75, 3.05) is 0 Å². The molecule has 1 aromatic heterocycles. The van der Waals surface area contributed by atoms with Gasteiger partial charge in [0.25, 0.3) is 0 Å². The van der Waals surface area contributed by atoms with Gasteiger partial charge in [0, 0.05) is 17.3 Å². The molecule has 2 nitrogen and oxygen atoms in total. The van der Waals surface area contributed by atoms with Crippen LogP contribution in [0.3, 0.4) is 0 Å². The molecule has 0 bridgehead atoms. The van der Waals surface area contributed by atoms with Crippen LogP contribution in [0, 0.1) is 5.92 Å². The van der Waals surface area contributed by atoms with Crippen LogP contribution in [-0.4, -0.2) is 9.97 Å². The number of rotatable bonds is 3. The molecule has 0 N–H and O–H groups in total. The zero-order valence-corrected chi connectivity index (χ0v) is 14.3. The van der Waals surface area contributed by atoms with Gasteiger partial charge >= 0.3 is 0 Å². The van der Waals surface area contributed by atoms with Crippen LogP contribution < -0.4 is 0 Å². The van der Waals surface area contributed by atoms with Crippen LogP contribution in [0.1, 0.15) is 18.9 Å². The van der Waals surface area contributed by atoms with E-state index >= 15 is 0 Å². The van der Waals surface area contributed by atoms with E-state index in [1.807, 2.05) is 42.6 Å². The third kappa shape index (κ3) is 3.29. The standard InChI is InChI=1S/C23H20N2/c1-17-8-5-6-13-21(17)19-11-7-12-20(16-19)22-14-15-24-23(25-22)18-9-3-2-4-10-18/h2-7,9-17H,8H2,1H3. The molecule has 1 aliphatic carbocycles. The van der Waals surface area contributed by atoms with Gasteiger partial charge < -0.3 is 0 Å². The van der Waals surface area contributed by atoms with Crippen molar-refractivity contribution >= 4 is 5.57 Å². The smallest absolute Gasteiger partial charge is 0.159 e. The van der Waals surface area contributed by atoms with Gasteiger partial charge in [-0.2, -0.15) is 0 Å². The molecule has 0 amide bonds. The van der Waals surface area contributed by atoms with Gasteiger partial charge in [-0.05, 0) is 35.6 Å². The van der Waals surface area contributed by atoms with Crippen LogP contribution in [0.5, 0.6) is 0 Å². The van der Waals surface area contributed by atoms with E-state index in [9.17, 15) is 0 Å². The molecule has 0 fully saturated rings. The Labute approximate surface area is 148 Å². The molecule has 2 aromatic carbocycles. The van der Waals surface area contributed by atoms with E-state index in [-0.39, 0.29) is 0 Å². The van der Waals surface area contributed by atoms with Crippen molar-refractivity contribution in [1.82, 2.24) is 9.97 Å². The first-order chi connectivity index (χ1) is 12.3. The summed E-state index contributed by atoms with van der Waals surface area (Å²) in [6, 6.07) is 20.7. The number of hydrogen-bond acceptors (Lipinski definition) is 2. The number of hydrogen-bond donors (Lipinski definition) is 0. The Bertz CT molecular complexity index is 939. The summed E-state index contributed by atoms with van der Waals surface area (Å²) in [6.45, 7) is 2.28. The highest BCUT2D eigenvalue weighted by Gasteiger charge is 2.13. The van der Waals surface area contributed by atoms with E-state index in [1.54, 1.807) is 0 Å². The number of allylic oxidation sites excluding steroid dienone is 4. The minimum absolute atomic E-state index is 0.547. The predicted molar refractivity (Wildman–Crippen MR) is 104 cm³/mol. The Hall–Kier alpha value is -3.00. The molecule has 4 rings (SSSR count). The zero-order valence-electron chi connectivity index (χ0n) is 14.3. The summed E-state index contributed by atoms with van der Waals surface area (Å²) < 4.78 is 0. The Morgan fingerprint density at radius 1 is 0.880 bits per heavy atom. The van der Waals surface area contributed by atoms with Gasteiger partial charge in [-0.3, -0.25) is 0 Å². The second-order valence-electron chi connectivity index (χ2n) is 6.40. The molecular formula is C23H20N2. The van der Waals surface area contributed by atoms with Crippen molar-refractivity contribution < 1.29 is 0 Å². The summed E-state index contributed by atoms with van der Waals surface area (Å²) >= 11 is 0. The van der Waals surface area contributed by atoms with Crippen molar-refractivity contribution in [3.8, 4) is 22.6 Å². The largest absolute Gasteiger partial charge is 0.237 e. The van der Waals surface area contributed by atoms with Crippen LogP contribution >= 0.6 is 0 Å². The van der Waals surface area contributed by atoms with Gasteiger partial charge in [0.05, 0.1) is 5.69 Å². The van der Waals surface area contributed by atoms with Crippen LogP contribution in [0.4, 0.5) is 0 Å². The SMILES string of the molecule is CC1CC=CC=C1c1cccc(-c2ccnc(-c3ccccc3)n2)c1. The normalized spacial score (nSPS) is 16.5. The molecule has 0 radical (unpaired) electrons. The van der Waals surface area contributed by atoms with Crippen molar-refractivity contribution in [2.45, 2.75) is 13.3 Å². The summed E-state index contributed by atoms with van der Waals surface area (Å²) in [7, 11) is 0. The van der Waals surface area contributed by atoms with Crippen molar-refractivity contribution in [1.29, 1.82) is 0 Å². The molecule has 1 unspecified atom stereocenters. The van der Waals surface area contributed by atoms with Crippen molar-refractivity contribution in [3.05, 3.63) is 90.7 Å². The molecule has 25 heavy (non-hydrogen) atoms. The molecule has 3 aromatic rings. The minimum atomic E-state index is 0.547. The fourth-order valence-electron chi connectivity index (χ4n) is 3.23. The topological polar surface area (TPSA) is 25.8 Å². The highest BCUT2D eigenvalue weighted by atomic mass is 14.9. The second kappa shape index (κ2) is 6.86. The van der Waals surface area contributed by atoms with Gasteiger partial charge in [-0.25, -0.2) is 9.97 Å². The number of aromatic nitrogens is 2. The molecule has 0 saturated carbocycles. The fraction of sp³-hybridized carbons (Fsp3) is 0.130. The molecule has 0 saturated heterocycles. The molecule has 1 atom stereocenters. The summed E-state index contributed by atoms with van der Waals surface area (Å²) in [5.41, 5.74) is 5.78. The van der Waals surface area contributed by atoms with Crippen molar-refractivity contribution in [3.63, 3.8) is 0 Å². The lowest BCUT2D eigenvalue weighted by Crippen LogP contribution is -2.01. The minimum Gasteiger partial charge on any atom is -0.237 e. The summed E-state index contributed by atoms with van der Waals surface area (Å²) in [5.74, 6) is 1.31. The van der Waals surface area contributed by atoms with E-state index in [4.69, 9.17) is 4.98 Å². The summed E-state index contributed by atoms with van der Waals surface area (Å²) in [4.78, 5) is 9.20. The quantitative estimate of drug-likeness (QED) is 0.609. The summed E-state index contributed by atoms with van der Waals surface area (Å²) in [6.07, 6.45) is 9.54. The molecule has 1 heterocycles. The van der Waals surface area contributed by atoms with Gasteiger partial charge in [0.1, 0.15) is 0 Å².